The lowest BCUT2D eigenvalue weighted by Crippen LogP contribution is -2.22. The lowest BCUT2D eigenvalue weighted by molar-refractivity contribution is -0.142. The monoisotopic (exact) mass is 208 g/mol. The number of nitrogens with two attached hydrogens (primary N) is 1. The van der Waals surface area contributed by atoms with Crippen molar-refractivity contribution in [2.24, 2.45) is 5.73 Å². The maximum absolute atomic E-state index is 11.2. The van der Waals surface area contributed by atoms with Crippen LogP contribution in [-0.2, 0) is 9.53 Å². The van der Waals surface area contributed by atoms with Crippen LogP contribution in [-0.4, -0.2) is 27.2 Å². The van der Waals surface area contributed by atoms with Crippen LogP contribution < -0.4 is 10.6 Å². The third kappa shape index (κ3) is 2.70. The van der Waals surface area contributed by atoms with Crippen LogP contribution in [0, 0.1) is 0 Å². The molecular formula is C11H16N2O2. The Balaban J connectivity index is 2.84. The van der Waals surface area contributed by atoms with E-state index in [1.807, 2.05) is 43.3 Å². The van der Waals surface area contributed by atoms with Gasteiger partial charge in [-0.25, -0.2) is 0 Å². The predicted molar refractivity (Wildman–Crippen MR) is 59.7 cm³/mol. The average molecular weight is 208 g/mol. The van der Waals surface area contributed by atoms with Crippen LogP contribution in [0.1, 0.15) is 11.6 Å². The van der Waals surface area contributed by atoms with Crippen molar-refractivity contribution in [1.82, 2.24) is 0 Å². The van der Waals surface area contributed by atoms with Crippen molar-refractivity contribution in [3.8, 4) is 0 Å². The zero-order chi connectivity index (χ0) is 11.4. The molecule has 82 valence electrons. The molecule has 0 saturated heterocycles. The van der Waals surface area contributed by atoms with E-state index in [0.29, 0.717) is 0 Å². The molecule has 1 aromatic rings. The van der Waals surface area contributed by atoms with Gasteiger partial charge in [-0.3, -0.25) is 4.79 Å². The van der Waals surface area contributed by atoms with E-state index in [0.717, 1.165) is 11.3 Å². The maximum atomic E-state index is 11.2. The Kier molecular flexibility index (Phi) is 3.68. The van der Waals surface area contributed by atoms with Crippen molar-refractivity contribution < 1.29 is 9.53 Å². The predicted octanol–water partition coefficient (Wildman–Crippen LogP) is 0.925. The normalized spacial score (nSPS) is 12.0. The van der Waals surface area contributed by atoms with Crippen LogP contribution in [0.4, 0.5) is 5.69 Å². The van der Waals surface area contributed by atoms with Gasteiger partial charge in [0, 0.05) is 19.8 Å². The highest BCUT2D eigenvalue weighted by atomic mass is 16.5. The Morgan fingerprint density at radius 3 is 2.27 bits per heavy atom. The summed E-state index contributed by atoms with van der Waals surface area (Å²) in [6.07, 6.45) is 0. The first-order chi connectivity index (χ1) is 7.06. The highest BCUT2D eigenvalue weighted by molar-refractivity contribution is 5.77. The standard InChI is InChI=1S/C11H16N2O2/c1-13(2)9-6-4-8(5-7-9)10(12)11(14)15-3/h4-7,10H,12H2,1-3H3. The second-order valence-electron chi connectivity index (χ2n) is 3.49. The fourth-order valence-electron chi connectivity index (χ4n) is 1.24. The highest BCUT2D eigenvalue weighted by Crippen LogP contribution is 2.17. The first-order valence-corrected chi connectivity index (χ1v) is 4.67. The molecule has 0 fully saturated rings. The van der Waals surface area contributed by atoms with Crippen LogP contribution in [0.2, 0.25) is 0 Å². The third-order valence-electron chi connectivity index (χ3n) is 2.22. The molecule has 1 aromatic carbocycles. The fraction of sp³-hybridized carbons (Fsp3) is 0.364. The van der Waals surface area contributed by atoms with Crippen LogP contribution in [0.5, 0.6) is 0 Å². The van der Waals surface area contributed by atoms with E-state index in [2.05, 4.69) is 4.74 Å². The summed E-state index contributed by atoms with van der Waals surface area (Å²) in [5.41, 5.74) is 7.51. The molecule has 2 N–H and O–H groups in total. The van der Waals surface area contributed by atoms with E-state index in [9.17, 15) is 4.79 Å². The van der Waals surface area contributed by atoms with Gasteiger partial charge in [-0.05, 0) is 17.7 Å². The van der Waals surface area contributed by atoms with Crippen LogP contribution >= 0.6 is 0 Å². The number of methoxy groups -OCH3 is 1. The zero-order valence-corrected chi connectivity index (χ0v) is 9.23. The minimum atomic E-state index is -0.703. The molecule has 0 aliphatic carbocycles. The van der Waals surface area contributed by atoms with Crippen molar-refractivity contribution in [3.63, 3.8) is 0 Å². The summed E-state index contributed by atoms with van der Waals surface area (Å²) >= 11 is 0. The molecule has 0 aromatic heterocycles. The SMILES string of the molecule is COC(=O)C(N)c1ccc(N(C)C)cc1. The van der Waals surface area contributed by atoms with E-state index in [1.165, 1.54) is 7.11 Å². The van der Waals surface area contributed by atoms with Gasteiger partial charge in [-0.15, -0.1) is 0 Å². The molecule has 0 saturated carbocycles. The summed E-state index contributed by atoms with van der Waals surface area (Å²) in [7, 11) is 5.24. The first-order valence-electron chi connectivity index (χ1n) is 4.67. The van der Waals surface area contributed by atoms with Crippen molar-refractivity contribution >= 4 is 11.7 Å². The highest BCUT2D eigenvalue weighted by Gasteiger charge is 2.15. The number of carbonyl (C=O) groups excluding carboxylic acids is 1. The molecule has 0 spiro atoms. The number of anilines is 1. The van der Waals surface area contributed by atoms with Gasteiger partial charge in [-0.2, -0.15) is 0 Å². The Labute approximate surface area is 89.6 Å². The lowest BCUT2D eigenvalue weighted by Gasteiger charge is -2.14. The minimum absolute atomic E-state index is 0.424. The van der Waals surface area contributed by atoms with E-state index in [-0.39, 0.29) is 0 Å². The van der Waals surface area contributed by atoms with E-state index in [4.69, 9.17) is 5.73 Å². The third-order valence-corrected chi connectivity index (χ3v) is 2.22. The van der Waals surface area contributed by atoms with E-state index in [1.54, 1.807) is 0 Å². The number of rotatable bonds is 3. The van der Waals surface area contributed by atoms with Crippen molar-refractivity contribution in [3.05, 3.63) is 29.8 Å². The van der Waals surface area contributed by atoms with Crippen LogP contribution in [0.3, 0.4) is 0 Å². The summed E-state index contributed by atoms with van der Waals surface area (Å²) in [4.78, 5) is 13.2. The smallest absolute Gasteiger partial charge is 0.327 e. The van der Waals surface area contributed by atoms with E-state index < -0.39 is 12.0 Å². The van der Waals surface area contributed by atoms with Gasteiger partial charge in [0.05, 0.1) is 7.11 Å². The summed E-state index contributed by atoms with van der Waals surface area (Å²) in [6, 6.07) is 6.79. The van der Waals surface area contributed by atoms with Crippen molar-refractivity contribution in [1.29, 1.82) is 0 Å². The molecule has 4 nitrogen and oxygen atoms in total. The number of esters is 1. The Morgan fingerprint density at radius 2 is 1.87 bits per heavy atom. The largest absolute Gasteiger partial charge is 0.468 e. The van der Waals surface area contributed by atoms with Crippen LogP contribution in [0.25, 0.3) is 0 Å². The fourth-order valence-corrected chi connectivity index (χ4v) is 1.24. The number of benzene rings is 1. The van der Waals surface area contributed by atoms with Crippen molar-refractivity contribution in [2.45, 2.75) is 6.04 Å². The molecule has 15 heavy (non-hydrogen) atoms. The van der Waals surface area contributed by atoms with Gasteiger partial charge >= 0.3 is 5.97 Å². The Hall–Kier alpha value is -1.55. The van der Waals surface area contributed by atoms with E-state index >= 15 is 0 Å². The summed E-state index contributed by atoms with van der Waals surface area (Å²) in [5.74, 6) is -0.424. The quantitative estimate of drug-likeness (QED) is 0.751. The number of ether oxygens (including phenoxy) is 1. The molecule has 1 unspecified atom stereocenters. The molecule has 0 aliphatic rings. The number of hydrogen-bond acceptors (Lipinski definition) is 4. The molecule has 0 aliphatic heterocycles. The average Bonchev–Trinajstić information content (AvgIpc) is 2.27. The summed E-state index contributed by atoms with van der Waals surface area (Å²) in [5, 5.41) is 0. The van der Waals surface area contributed by atoms with Gasteiger partial charge in [0.1, 0.15) is 6.04 Å². The molecule has 0 bridgehead atoms. The topological polar surface area (TPSA) is 55.6 Å². The van der Waals surface area contributed by atoms with Crippen molar-refractivity contribution in [2.75, 3.05) is 26.1 Å². The molecule has 4 heteroatoms. The molecular weight excluding hydrogens is 192 g/mol. The van der Waals surface area contributed by atoms with Gasteiger partial charge in [0.25, 0.3) is 0 Å². The number of nitrogens with zero attached hydrogens (tertiary/aromatic N) is 1. The molecule has 1 atom stereocenters. The zero-order valence-electron chi connectivity index (χ0n) is 9.23. The van der Waals surface area contributed by atoms with Gasteiger partial charge in [-0.1, -0.05) is 12.1 Å². The van der Waals surface area contributed by atoms with Gasteiger partial charge < -0.3 is 15.4 Å². The van der Waals surface area contributed by atoms with Gasteiger partial charge in [0.2, 0.25) is 0 Å². The number of carbonyl (C=O) groups is 1. The minimum Gasteiger partial charge on any atom is -0.468 e. The van der Waals surface area contributed by atoms with Gasteiger partial charge in [0.15, 0.2) is 0 Å². The molecule has 1 rings (SSSR count). The second kappa shape index (κ2) is 4.79. The molecule has 0 heterocycles. The second-order valence-corrected chi connectivity index (χ2v) is 3.49. The Bertz CT molecular complexity index is 333. The molecule has 0 amide bonds. The number of hydrogen-bond donors (Lipinski definition) is 1. The Morgan fingerprint density at radius 1 is 1.33 bits per heavy atom. The summed E-state index contributed by atoms with van der Waals surface area (Å²) in [6.45, 7) is 0. The molecule has 0 radical (unpaired) electrons. The lowest BCUT2D eigenvalue weighted by atomic mass is 10.1. The first kappa shape index (κ1) is 11.5. The summed E-state index contributed by atoms with van der Waals surface area (Å²) < 4.78 is 4.57. The van der Waals surface area contributed by atoms with Crippen LogP contribution in [0.15, 0.2) is 24.3 Å². The maximum Gasteiger partial charge on any atom is 0.327 e.